The first-order valence-electron chi connectivity index (χ1n) is 14.1. The SMILES string of the molecule is COc1ccccc1C(=O)Cn1c(=O)c2cc(C3CC3)sc2n(Cc2ccc(-c3ccccc3-c3noc(=O)[nH]3)cc2)c1=O.[H-].[K+]. The molecule has 0 aliphatic heterocycles. The average Bonchev–Trinajstić information content (AvgIpc) is 3.66. The van der Waals surface area contributed by atoms with E-state index >= 15 is 0 Å². The largest absolute Gasteiger partial charge is 1.00 e. The van der Waals surface area contributed by atoms with Crippen molar-refractivity contribution in [2.75, 3.05) is 7.11 Å². The summed E-state index contributed by atoms with van der Waals surface area (Å²) in [6.07, 6.45) is 2.12. The van der Waals surface area contributed by atoms with Gasteiger partial charge in [-0.25, -0.2) is 9.59 Å². The zero-order valence-electron chi connectivity index (χ0n) is 25.6. The molecule has 1 saturated carbocycles. The monoisotopic (exact) mass is 646 g/mol. The molecular weight excluding hydrogens is 620 g/mol. The summed E-state index contributed by atoms with van der Waals surface area (Å²) in [6.45, 7) is -0.190. The van der Waals surface area contributed by atoms with E-state index in [0.29, 0.717) is 38.8 Å². The van der Waals surface area contributed by atoms with E-state index < -0.39 is 23.5 Å². The van der Waals surface area contributed by atoms with Crippen molar-refractivity contribution in [2.45, 2.75) is 31.8 Å². The summed E-state index contributed by atoms with van der Waals surface area (Å²) in [5, 5.41) is 4.27. The van der Waals surface area contributed by atoms with Gasteiger partial charge in [-0.05, 0) is 53.6 Å². The van der Waals surface area contributed by atoms with Crippen LogP contribution in [0.1, 0.15) is 41.0 Å². The third kappa shape index (κ3) is 6.13. The maximum atomic E-state index is 13.9. The van der Waals surface area contributed by atoms with Crippen LogP contribution in [0.2, 0.25) is 0 Å². The van der Waals surface area contributed by atoms with Crippen molar-refractivity contribution in [3.63, 3.8) is 0 Å². The Labute approximate surface area is 304 Å². The number of aromatic nitrogens is 4. The fourth-order valence-electron chi connectivity index (χ4n) is 5.43. The maximum Gasteiger partial charge on any atom is 1.00 e. The molecule has 3 aromatic heterocycles. The van der Waals surface area contributed by atoms with E-state index in [1.165, 1.54) is 18.4 Å². The number of hydrogen-bond acceptors (Lipinski definition) is 8. The topological polar surface area (TPSA) is 129 Å². The smallest absolute Gasteiger partial charge is 1.00 e. The number of rotatable bonds is 9. The van der Waals surface area contributed by atoms with Crippen molar-refractivity contribution in [1.29, 1.82) is 0 Å². The number of nitrogens with one attached hydrogen (secondary N) is 1. The summed E-state index contributed by atoms with van der Waals surface area (Å²) >= 11 is 1.47. The Morgan fingerprint density at radius 3 is 2.40 bits per heavy atom. The van der Waals surface area contributed by atoms with Crippen LogP contribution in [0.25, 0.3) is 32.7 Å². The van der Waals surface area contributed by atoms with Crippen molar-refractivity contribution in [1.82, 2.24) is 19.3 Å². The van der Waals surface area contributed by atoms with Gasteiger partial charge in [-0.2, -0.15) is 0 Å². The zero-order chi connectivity index (χ0) is 30.4. The summed E-state index contributed by atoms with van der Waals surface area (Å²) in [5.41, 5.74) is 2.57. The maximum absolute atomic E-state index is 13.9. The van der Waals surface area contributed by atoms with Gasteiger partial charge in [-0.3, -0.25) is 28.2 Å². The van der Waals surface area contributed by atoms with Crippen LogP contribution in [0.4, 0.5) is 0 Å². The fraction of sp³-hybridized carbons (Fsp3) is 0.182. The Morgan fingerprint density at radius 1 is 1.00 bits per heavy atom. The van der Waals surface area contributed by atoms with Crippen LogP contribution in [0.3, 0.4) is 0 Å². The average molecular weight is 647 g/mol. The number of ether oxygens (including phenoxy) is 1. The van der Waals surface area contributed by atoms with Crippen molar-refractivity contribution in [3.05, 3.63) is 126 Å². The molecule has 0 unspecified atom stereocenters. The zero-order valence-corrected chi connectivity index (χ0v) is 28.6. The molecule has 3 heterocycles. The third-order valence-electron chi connectivity index (χ3n) is 7.83. The molecule has 1 fully saturated rings. The molecule has 1 aliphatic rings. The minimum atomic E-state index is -0.633. The van der Waals surface area contributed by atoms with Crippen LogP contribution in [0.15, 0.2) is 97.8 Å². The predicted octanol–water partition coefficient (Wildman–Crippen LogP) is 2.17. The van der Waals surface area contributed by atoms with Gasteiger partial charge in [0.2, 0.25) is 0 Å². The first-order valence-corrected chi connectivity index (χ1v) is 14.9. The van der Waals surface area contributed by atoms with Gasteiger partial charge in [0.1, 0.15) is 10.6 Å². The molecule has 1 N–H and O–H groups in total. The summed E-state index contributed by atoms with van der Waals surface area (Å²) < 4.78 is 12.7. The fourth-order valence-corrected chi connectivity index (χ4v) is 6.74. The standard InChI is InChI=1S/C33H26N4O6S.K.H/c1-42-27-9-5-4-8-24(27)26(38)18-36-30(39)25-16-28(21-14-15-21)44-31(25)37(33(36)41)17-19-10-12-20(13-11-19)22-6-2-3-7-23(22)29-34-32(40)43-35-29;;/h2-13,16,21H,14-15,17-18H2,1H3,(H,34,35,40);;/q;+1;-1. The van der Waals surface area contributed by atoms with E-state index in [1.54, 1.807) is 28.8 Å². The van der Waals surface area contributed by atoms with Gasteiger partial charge in [0, 0.05) is 10.4 Å². The number of para-hydroxylation sites is 1. The van der Waals surface area contributed by atoms with Crippen LogP contribution in [-0.4, -0.2) is 32.2 Å². The number of aromatic amines is 1. The number of benzene rings is 3. The molecule has 1 aliphatic carbocycles. The van der Waals surface area contributed by atoms with Crippen molar-refractivity contribution >= 4 is 27.3 Å². The van der Waals surface area contributed by atoms with Gasteiger partial charge in [0.15, 0.2) is 11.6 Å². The molecule has 0 bridgehead atoms. The molecule has 0 spiro atoms. The summed E-state index contributed by atoms with van der Waals surface area (Å²) in [4.78, 5) is 56.7. The predicted molar refractivity (Wildman–Crippen MR) is 168 cm³/mol. The number of hydrogen-bond donors (Lipinski definition) is 1. The number of H-pyrrole nitrogens is 1. The van der Waals surface area contributed by atoms with Crippen LogP contribution < -0.4 is 73.1 Å². The van der Waals surface area contributed by atoms with Crippen LogP contribution in [0, 0.1) is 0 Å². The Morgan fingerprint density at radius 2 is 1.71 bits per heavy atom. The quantitative estimate of drug-likeness (QED) is 0.188. The van der Waals surface area contributed by atoms with Crippen molar-refractivity contribution in [2.24, 2.45) is 0 Å². The van der Waals surface area contributed by atoms with Gasteiger partial charge in [-0.15, -0.1) is 11.3 Å². The molecule has 0 saturated heterocycles. The van der Waals surface area contributed by atoms with E-state index in [0.717, 1.165) is 39.0 Å². The van der Waals surface area contributed by atoms with E-state index in [9.17, 15) is 19.2 Å². The van der Waals surface area contributed by atoms with Crippen LogP contribution >= 0.6 is 11.3 Å². The van der Waals surface area contributed by atoms with Crippen LogP contribution in [-0.2, 0) is 13.1 Å². The van der Waals surface area contributed by atoms with E-state index in [2.05, 4.69) is 10.1 Å². The number of fused-ring (bicyclic) bond motifs is 1. The molecule has 10 nitrogen and oxygen atoms in total. The van der Waals surface area contributed by atoms with E-state index in [-0.39, 0.29) is 65.1 Å². The molecule has 7 rings (SSSR count). The Balaban J connectivity index is 0.00000208. The van der Waals surface area contributed by atoms with E-state index in [1.807, 2.05) is 54.6 Å². The number of carbonyl (C=O) groups is 1. The number of ketones is 1. The van der Waals surface area contributed by atoms with Gasteiger partial charge < -0.3 is 6.16 Å². The van der Waals surface area contributed by atoms with Crippen molar-refractivity contribution < 1.29 is 66.9 Å². The third-order valence-corrected chi connectivity index (χ3v) is 9.15. The van der Waals surface area contributed by atoms with Crippen molar-refractivity contribution in [3.8, 4) is 28.3 Å². The van der Waals surface area contributed by atoms with Gasteiger partial charge in [0.25, 0.3) is 5.56 Å². The summed E-state index contributed by atoms with van der Waals surface area (Å²) in [5.74, 6) is 0.0961. The minimum absolute atomic E-state index is 0. The molecule has 0 radical (unpaired) electrons. The summed E-state index contributed by atoms with van der Waals surface area (Å²) in [6, 6.07) is 23.9. The van der Waals surface area contributed by atoms with Crippen LogP contribution in [0.5, 0.6) is 5.75 Å². The Hall–Kier alpha value is -3.65. The first kappa shape index (κ1) is 31.3. The summed E-state index contributed by atoms with van der Waals surface area (Å²) in [7, 11) is 1.47. The molecule has 222 valence electrons. The number of Topliss-reactive ketones (excluding diaryl/α,β-unsaturated/α-hetero) is 1. The number of carbonyl (C=O) groups excluding carboxylic acids is 1. The van der Waals surface area contributed by atoms with E-state index in [4.69, 9.17) is 9.26 Å². The number of methoxy groups -OCH3 is 1. The molecular formula is C33H27KN4O6S. The molecule has 3 aromatic carbocycles. The Bertz CT molecular complexity index is 2230. The molecule has 12 heteroatoms. The number of thiophene rings is 1. The second-order valence-corrected chi connectivity index (χ2v) is 11.8. The van der Waals surface area contributed by atoms with Gasteiger partial charge in [0.05, 0.1) is 31.1 Å². The minimum Gasteiger partial charge on any atom is -1.00 e. The molecule has 6 aromatic rings. The normalized spacial score (nSPS) is 12.6. The molecule has 0 atom stereocenters. The Kier molecular flexibility index (Phi) is 9.04. The second-order valence-electron chi connectivity index (χ2n) is 10.7. The molecule has 45 heavy (non-hydrogen) atoms. The van der Waals surface area contributed by atoms with Gasteiger partial charge in [-0.1, -0.05) is 65.8 Å². The first-order chi connectivity index (χ1) is 21.4. The van der Waals surface area contributed by atoms with Gasteiger partial charge >= 0.3 is 62.8 Å². The molecule has 0 amide bonds. The second kappa shape index (κ2) is 13.0. The number of nitrogens with zero attached hydrogens (tertiary/aromatic N) is 3.